The van der Waals surface area contributed by atoms with Gasteiger partial charge in [0.1, 0.15) is 17.8 Å². The number of imide groups is 1. The summed E-state index contributed by atoms with van der Waals surface area (Å²) >= 11 is 0. The smallest absolute Gasteiger partial charge is 0.325 e. The van der Waals surface area contributed by atoms with Gasteiger partial charge in [0.05, 0.1) is 7.11 Å². The van der Waals surface area contributed by atoms with E-state index in [0.29, 0.717) is 24.7 Å². The number of methoxy groups -OCH3 is 1. The van der Waals surface area contributed by atoms with Crippen molar-refractivity contribution in [3.05, 3.63) is 30.2 Å². The van der Waals surface area contributed by atoms with Crippen LogP contribution in [0.4, 0.5) is 4.79 Å². The third-order valence-corrected chi connectivity index (χ3v) is 5.47. The number of urea groups is 1. The second-order valence-corrected chi connectivity index (χ2v) is 7.32. The Balaban J connectivity index is 1.48. The fourth-order valence-corrected chi connectivity index (χ4v) is 3.72. The number of carbonyl (C=O) groups is 2. The molecule has 0 bridgehead atoms. The van der Waals surface area contributed by atoms with E-state index in [0.717, 1.165) is 24.2 Å². The quantitative estimate of drug-likeness (QED) is 0.831. The molecule has 1 saturated carbocycles. The van der Waals surface area contributed by atoms with Crippen LogP contribution in [0.3, 0.4) is 0 Å². The highest BCUT2D eigenvalue weighted by Gasteiger charge is 2.52. The van der Waals surface area contributed by atoms with Crippen molar-refractivity contribution in [1.29, 1.82) is 0 Å². The van der Waals surface area contributed by atoms with E-state index in [1.54, 1.807) is 19.2 Å². The molecule has 1 aliphatic carbocycles. The lowest BCUT2D eigenvalue weighted by atomic mass is 9.77. The summed E-state index contributed by atoms with van der Waals surface area (Å²) < 4.78 is 10.8. The van der Waals surface area contributed by atoms with Crippen LogP contribution in [0.2, 0.25) is 0 Å². The van der Waals surface area contributed by atoms with Gasteiger partial charge >= 0.3 is 6.03 Å². The number of amides is 3. The van der Waals surface area contributed by atoms with Crippen LogP contribution < -0.4 is 10.1 Å². The number of rotatable bonds is 4. The maximum atomic E-state index is 12.9. The van der Waals surface area contributed by atoms with Gasteiger partial charge in [-0.1, -0.05) is 6.92 Å². The van der Waals surface area contributed by atoms with Crippen molar-refractivity contribution in [1.82, 2.24) is 20.4 Å². The molecule has 2 aromatic rings. The molecule has 0 atom stereocenters. The fraction of sp³-hybridized carbons (Fsp3) is 0.474. The van der Waals surface area contributed by atoms with Crippen LogP contribution in [-0.4, -0.2) is 39.7 Å². The maximum absolute atomic E-state index is 12.9. The van der Waals surface area contributed by atoms with Crippen LogP contribution in [0.1, 0.15) is 38.5 Å². The highest BCUT2D eigenvalue weighted by molar-refractivity contribution is 6.07. The predicted molar refractivity (Wildman–Crippen MR) is 95.7 cm³/mol. The van der Waals surface area contributed by atoms with Gasteiger partial charge in [-0.05, 0) is 55.9 Å². The van der Waals surface area contributed by atoms with E-state index in [9.17, 15) is 9.59 Å². The van der Waals surface area contributed by atoms with Gasteiger partial charge in [0.25, 0.3) is 5.91 Å². The van der Waals surface area contributed by atoms with Crippen molar-refractivity contribution in [3.63, 3.8) is 0 Å². The third-order valence-electron chi connectivity index (χ3n) is 5.47. The van der Waals surface area contributed by atoms with Gasteiger partial charge < -0.3 is 14.5 Å². The molecule has 0 radical (unpaired) electrons. The van der Waals surface area contributed by atoms with E-state index in [4.69, 9.17) is 9.15 Å². The van der Waals surface area contributed by atoms with Crippen molar-refractivity contribution in [3.8, 4) is 17.2 Å². The molecule has 3 amide bonds. The summed E-state index contributed by atoms with van der Waals surface area (Å²) in [5.74, 6) is 1.68. The largest absolute Gasteiger partial charge is 0.497 e. The highest BCUT2D eigenvalue weighted by atomic mass is 16.5. The van der Waals surface area contributed by atoms with E-state index >= 15 is 0 Å². The Kier molecular flexibility index (Phi) is 4.33. The molecular formula is C19H22N4O4. The van der Waals surface area contributed by atoms with E-state index in [1.165, 1.54) is 4.90 Å². The molecule has 2 heterocycles. The van der Waals surface area contributed by atoms with Crippen LogP contribution in [-0.2, 0) is 11.3 Å². The average Bonchev–Trinajstić information content (AvgIpc) is 3.24. The SMILES string of the molecule is COc1ccc(-c2nnc(CN3C(=O)NC4(CCC(C)CC4)C3=O)o2)cc1. The van der Waals surface area contributed by atoms with Crippen LogP contribution in [0.15, 0.2) is 28.7 Å². The highest BCUT2D eigenvalue weighted by Crippen LogP contribution is 2.36. The van der Waals surface area contributed by atoms with Crippen LogP contribution >= 0.6 is 0 Å². The van der Waals surface area contributed by atoms with Crippen LogP contribution in [0.5, 0.6) is 5.75 Å². The maximum Gasteiger partial charge on any atom is 0.325 e. The van der Waals surface area contributed by atoms with Crippen molar-refractivity contribution < 1.29 is 18.7 Å². The molecule has 1 aromatic carbocycles. The Morgan fingerprint density at radius 1 is 1.22 bits per heavy atom. The first-order chi connectivity index (χ1) is 13.0. The molecule has 142 valence electrons. The Hall–Kier alpha value is -2.90. The normalized spacial score (nSPS) is 25.1. The second-order valence-electron chi connectivity index (χ2n) is 7.32. The lowest BCUT2D eigenvalue weighted by Crippen LogP contribution is -2.49. The first kappa shape index (κ1) is 17.5. The van der Waals surface area contributed by atoms with E-state index in [-0.39, 0.29) is 18.3 Å². The number of hydrogen-bond donors (Lipinski definition) is 1. The molecule has 2 aliphatic rings. The zero-order valence-corrected chi connectivity index (χ0v) is 15.4. The van der Waals surface area contributed by atoms with Crippen molar-refractivity contribution >= 4 is 11.9 Å². The molecule has 1 saturated heterocycles. The van der Waals surface area contributed by atoms with Gasteiger partial charge in [0, 0.05) is 5.56 Å². The summed E-state index contributed by atoms with van der Waals surface area (Å²) in [6.45, 7) is 2.15. The average molecular weight is 370 g/mol. The first-order valence-electron chi connectivity index (χ1n) is 9.12. The summed E-state index contributed by atoms with van der Waals surface area (Å²) in [6.07, 6.45) is 3.22. The minimum Gasteiger partial charge on any atom is -0.497 e. The second kappa shape index (κ2) is 6.68. The number of carbonyl (C=O) groups excluding carboxylic acids is 2. The van der Waals surface area contributed by atoms with Gasteiger partial charge in [-0.3, -0.25) is 9.69 Å². The molecule has 1 spiro atoms. The van der Waals surface area contributed by atoms with E-state index < -0.39 is 11.6 Å². The predicted octanol–water partition coefficient (Wildman–Crippen LogP) is 2.75. The first-order valence-corrected chi connectivity index (χ1v) is 9.12. The topological polar surface area (TPSA) is 97.6 Å². The zero-order valence-electron chi connectivity index (χ0n) is 15.4. The molecular weight excluding hydrogens is 348 g/mol. The molecule has 1 N–H and O–H groups in total. The molecule has 2 fully saturated rings. The molecule has 27 heavy (non-hydrogen) atoms. The molecule has 1 aromatic heterocycles. The van der Waals surface area contributed by atoms with E-state index in [1.807, 2.05) is 12.1 Å². The number of benzene rings is 1. The molecule has 0 unspecified atom stereocenters. The number of nitrogens with zero attached hydrogens (tertiary/aromatic N) is 3. The van der Waals surface area contributed by atoms with Crippen molar-refractivity contribution in [2.75, 3.05) is 7.11 Å². The van der Waals surface area contributed by atoms with Crippen LogP contribution in [0.25, 0.3) is 11.5 Å². The minimum atomic E-state index is -0.761. The Morgan fingerprint density at radius 2 is 1.93 bits per heavy atom. The lowest BCUT2D eigenvalue weighted by molar-refractivity contribution is -0.133. The van der Waals surface area contributed by atoms with Crippen LogP contribution in [0, 0.1) is 5.92 Å². The van der Waals surface area contributed by atoms with Gasteiger partial charge in [-0.15, -0.1) is 10.2 Å². The Labute approximate surface area is 156 Å². The number of aromatic nitrogens is 2. The number of nitrogens with one attached hydrogen (secondary N) is 1. The summed E-state index contributed by atoms with van der Waals surface area (Å²) in [5.41, 5.74) is -0.0212. The van der Waals surface area contributed by atoms with Gasteiger partial charge in [-0.2, -0.15) is 0 Å². The van der Waals surface area contributed by atoms with E-state index in [2.05, 4.69) is 22.4 Å². The van der Waals surface area contributed by atoms with Crippen molar-refractivity contribution in [2.45, 2.75) is 44.7 Å². The molecule has 4 rings (SSSR count). The monoisotopic (exact) mass is 370 g/mol. The lowest BCUT2D eigenvalue weighted by Gasteiger charge is -2.33. The number of hydrogen-bond acceptors (Lipinski definition) is 6. The molecule has 1 aliphatic heterocycles. The standard InChI is InChI=1S/C19H22N4O4/c1-12-7-9-19(10-8-12)17(24)23(18(25)20-19)11-15-21-22-16(27-15)13-3-5-14(26-2)6-4-13/h3-6,12H,7-11H2,1-2H3,(H,20,25). The summed E-state index contributed by atoms with van der Waals surface area (Å²) in [5, 5.41) is 10.9. The zero-order chi connectivity index (χ0) is 19.0. The van der Waals surface area contributed by atoms with Crippen molar-refractivity contribution in [2.24, 2.45) is 5.92 Å². The Bertz CT molecular complexity index is 853. The molecule has 8 nitrogen and oxygen atoms in total. The Morgan fingerprint density at radius 3 is 2.59 bits per heavy atom. The summed E-state index contributed by atoms with van der Waals surface area (Å²) in [7, 11) is 1.59. The summed E-state index contributed by atoms with van der Waals surface area (Å²) in [6, 6.07) is 6.82. The van der Waals surface area contributed by atoms with Gasteiger partial charge in [0.15, 0.2) is 0 Å². The summed E-state index contributed by atoms with van der Waals surface area (Å²) in [4.78, 5) is 26.5. The number of ether oxygens (including phenoxy) is 1. The minimum absolute atomic E-state index is 0.0227. The van der Waals surface area contributed by atoms with Gasteiger partial charge in [0.2, 0.25) is 11.8 Å². The fourth-order valence-electron chi connectivity index (χ4n) is 3.72. The van der Waals surface area contributed by atoms with Gasteiger partial charge in [-0.25, -0.2) is 4.79 Å². The third kappa shape index (κ3) is 3.15. The molecule has 8 heteroatoms.